The average molecular weight is 365 g/mol. The molecule has 0 bridgehead atoms. The summed E-state index contributed by atoms with van der Waals surface area (Å²) in [7, 11) is 2.03. The highest BCUT2D eigenvalue weighted by Crippen LogP contribution is 2.30. The van der Waals surface area contributed by atoms with E-state index in [2.05, 4.69) is 85.1 Å². The molecule has 2 aromatic rings. The van der Waals surface area contributed by atoms with Crippen molar-refractivity contribution in [3.8, 4) is 0 Å². The van der Waals surface area contributed by atoms with Crippen LogP contribution < -0.4 is 5.32 Å². The molecule has 1 nitrogen and oxygen atoms in total. The zero-order valence-electron chi connectivity index (χ0n) is 11.9. The normalized spacial score (nSPS) is 12.5. The molecule has 19 heavy (non-hydrogen) atoms. The van der Waals surface area contributed by atoms with Gasteiger partial charge in [-0.05, 0) is 78.7 Å². The lowest BCUT2D eigenvalue weighted by Gasteiger charge is -2.23. The van der Waals surface area contributed by atoms with Gasteiger partial charge in [0.05, 0.1) is 6.04 Å². The van der Waals surface area contributed by atoms with E-state index in [-0.39, 0.29) is 6.04 Å². The molecule has 1 unspecified atom stereocenters. The van der Waals surface area contributed by atoms with Gasteiger partial charge in [0.25, 0.3) is 0 Å². The van der Waals surface area contributed by atoms with Gasteiger partial charge in [0, 0.05) is 3.57 Å². The Morgan fingerprint density at radius 1 is 1.00 bits per heavy atom. The van der Waals surface area contributed by atoms with Gasteiger partial charge >= 0.3 is 0 Å². The standard InChI is InChI=1S/C17H20IN/c1-11-9-12(2)16(13(3)10-11)17(19-4)14-7-5-6-8-15(14)18/h5-10,17,19H,1-4H3. The van der Waals surface area contributed by atoms with Gasteiger partial charge in [-0.3, -0.25) is 0 Å². The first-order valence-electron chi connectivity index (χ1n) is 6.54. The van der Waals surface area contributed by atoms with Crippen LogP contribution in [-0.2, 0) is 0 Å². The largest absolute Gasteiger partial charge is 0.309 e. The van der Waals surface area contributed by atoms with E-state index in [4.69, 9.17) is 0 Å². The number of aryl methyl sites for hydroxylation is 3. The molecule has 1 atom stereocenters. The highest BCUT2D eigenvalue weighted by Gasteiger charge is 2.18. The molecule has 0 aliphatic rings. The van der Waals surface area contributed by atoms with Crippen molar-refractivity contribution in [3.05, 3.63) is 67.8 Å². The Morgan fingerprint density at radius 3 is 2.11 bits per heavy atom. The lowest BCUT2D eigenvalue weighted by atomic mass is 9.90. The SMILES string of the molecule is CNC(c1ccccc1I)c1c(C)cc(C)cc1C. The van der Waals surface area contributed by atoms with Crippen LogP contribution in [0.5, 0.6) is 0 Å². The number of hydrogen-bond donors (Lipinski definition) is 1. The van der Waals surface area contributed by atoms with E-state index in [1.54, 1.807) is 0 Å². The first-order valence-corrected chi connectivity index (χ1v) is 7.62. The van der Waals surface area contributed by atoms with Gasteiger partial charge in [0.2, 0.25) is 0 Å². The molecule has 0 spiro atoms. The lowest BCUT2D eigenvalue weighted by molar-refractivity contribution is 0.680. The maximum absolute atomic E-state index is 3.47. The van der Waals surface area contributed by atoms with E-state index < -0.39 is 0 Å². The van der Waals surface area contributed by atoms with Crippen molar-refractivity contribution in [3.63, 3.8) is 0 Å². The molecular formula is C17H20IN. The Hall–Kier alpha value is -0.870. The molecule has 1 N–H and O–H groups in total. The van der Waals surface area contributed by atoms with Crippen molar-refractivity contribution in [2.45, 2.75) is 26.8 Å². The van der Waals surface area contributed by atoms with E-state index in [1.165, 1.54) is 31.4 Å². The van der Waals surface area contributed by atoms with E-state index in [1.807, 2.05) is 7.05 Å². The predicted molar refractivity (Wildman–Crippen MR) is 90.7 cm³/mol. The van der Waals surface area contributed by atoms with Gasteiger partial charge in [-0.25, -0.2) is 0 Å². The summed E-state index contributed by atoms with van der Waals surface area (Å²) in [5.41, 5.74) is 6.79. The minimum Gasteiger partial charge on any atom is -0.309 e. The van der Waals surface area contributed by atoms with Crippen LogP contribution in [0.1, 0.15) is 33.9 Å². The molecular weight excluding hydrogens is 345 g/mol. The molecule has 0 aliphatic carbocycles. The summed E-state index contributed by atoms with van der Waals surface area (Å²) in [6.45, 7) is 6.56. The molecule has 2 heteroatoms. The summed E-state index contributed by atoms with van der Waals surface area (Å²) in [4.78, 5) is 0. The van der Waals surface area contributed by atoms with Crippen molar-refractivity contribution in [2.75, 3.05) is 7.05 Å². The van der Waals surface area contributed by atoms with Gasteiger partial charge in [0.15, 0.2) is 0 Å². The second kappa shape index (κ2) is 6.06. The fraction of sp³-hybridized carbons (Fsp3) is 0.294. The van der Waals surface area contributed by atoms with Crippen LogP contribution in [0.25, 0.3) is 0 Å². The van der Waals surface area contributed by atoms with Gasteiger partial charge in [-0.2, -0.15) is 0 Å². The molecule has 0 saturated carbocycles. The molecule has 2 aromatic carbocycles. The van der Waals surface area contributed by atoms with E-state index in [0.29, 0.717) is 0 Å². The Bertz CT molecular complexity index is 567. The van der Waals surface area contributed by atoms with Crippen LogP contribution in [0.15, 0.2) is 36.4 Å². The summed E-state index contributed by atoms with van der Waals surface area (Å²) in [5, 5.41) is 3.47. The fourth-order valence-electron chi connectivity index (χ4n) is 2.81. The zero-order chi connectivity index (χ0) is 14.0. The summed E-state index contributed by atoms with van der Waals surface area (Å²) < 4.78 is 1.30. The summed E-state index contributed by atoms with van der Waals surface area (Å²) in [5.74, 6) is 0. The monoisotopic (exact) mass is 365 g/mol. The third-order valence-corrected chi connectivity index (χ3v) is 4.51. The predicted octanol–water partition coefficient (Wildman–Crippen LogP) is 4.53. The van der Waals surface area contributed by atoms with Crippen LogP contribution in [0.4, 0.5) is 0 Å². The number of nitrogens with one attached hydrogen (secondary N) is 1. The highest BCUT2D eigenvalue weighted by molar-refractivity contribution is 14.1. The van der Waals surface area contributed by atoms with Crippen LogP contribution in [0.3, 0.4) is 0 Å². The van der Waals surface area contributed by atoms with E-state index in [0.717, 1.165) is 0 Å². The quantitative estimate of drug-likeness (QED) is 0.789. The van der Waals surface area contributed by atoms with Gasteiger partial charge in [-0.1, -0.05) is 35.9 Å². The maximum Gasteiger partial charge on any atom is 0.0589 e. The second-order valence-electron chi connectivity index (χ2n) is 5.06. The Kier molecular flexibility index (Phi) is 4.63. The first-order chi connectivity index (χ1) is 9.04. The smallest absolute Gasteiger partial charge is 0.0589 e. The topological polar surface area (TPSA) is 12.0 Å². The molecule has 0 radical (unpaired) electrons. The molecule has 100 valence electrons. The fourth-order valence-corrected chi connectivity index (χ4v) is 3.51. The van der Waals surface area contributed by atoms with Crippen molar-refractivity contribution in [2.24, 2.45) is 0 Å². The molecule has 0 fully saturated rings. The Balaban J connectivity index is 2.58. The van der Waals surface area contributed by atoms with Crippen molar-refractivity contribution < 1.29 is 0 Å². The highest BCUT2D eigenvalue weighted by atomic mass is 127. The zero-order valence-corrected chi connectivity index (χ0v) is 14.1. The number of rotatable bonds is 3. The van der Waals surface area contributed by atoms with Crippen molar-refractivity contribution in [1.82, 2.24) is 5.32 Å². The minimum atomic E-state index is 0.258. The third kappa shape index (κ3) is 3.00. The maximum atomic E-state index is 3.47. The Labute approximate surface area is 129 Å². The summed E-state index contributed by atoms with van der Waals surface area (Å²) in [6.07, 6.45) is 0. The third-order valence-electron chi connectivity index (χ3n) is 3.53. The van der Waals surface area contributed by atoms with Crippen molar-refractivity contribution >= 4 is 22.6 Å². The van der Waals surface area contributed by atoms with Crippen molar-refractivity contribution in [1.29, 1.82) is 0 Å². The lowest BCUT2D eigenvalue weighted by Crippen LogP contribution is -2.21. The summed E-state index contributed by atoms with van der Waals surface area (Å²) in [6, 6.07) is 13.4. The molecule has 0 heterocycles. The average Bonchev–Trinajstić information content (AvgIpc) is 2.34. The summed E-state index contributed by atoms with van der Waals surface area (Å²) >= 11 is 2.42. The molecule has 2 rings (SSSR count). The van der Waals surface area contributed by atoms with E-state index >= 15 is 0 Å². The van der Waals surface area contributed by atoms with Crippen LogP contribution >= 0.6 is 22.6 Å². The first kappa shape index (κ1) is 14.5. The van der Waals surface area contributed by atoms with E-state index in [9.17, 15) is 0 Å². The van der Waals surface area contributed by atoms with Crippen LogP contribution in [-0.4, -0.2) is 7.05 Å². The number of benzene rings is 2. The Morgan fingerprint density at radius 2 is 1.58 bits per heavy atom. The second-order valence-corrected chi connectivity index (χ2v) is 6.22. The molecule has 0 amide bonds. The molecule has 0 saturated heterocycles. The van der Waals surface area contributed by atoms with Gasteiger partial charge in [-0.15, -0.1) is 0 Å². The number of hydrogen-bond acceptors (Lipinski definition) is 1. The number of halogens is 1. The van der Waals surface area contributed by atoms with Crippen LogP contribution in [0.2, 0.25) is 0 Å². The molecule has 0 aromatic heterocycles. The van der Waals surface area contributed by atoms with Gasteiger partial charge in [0.1, 0.15) is 0 Å². The molecule has 0 aliphatic heterocycles. The van der Waals surface area contributed by atoms with Crippen LogP contribution in [0, 0.1) is 24.3 Å². The van der Waals surface area contributed by atoms with Gasteiger partial charge < -0.3 is 5.32 Å². The minimum absolute atomic E-state index is 0.258.